The summed E-state index contributed by atoms with van der Waals surface area (Å²) in [4.78, 5) is 9.11. The van der Waals surface area contributed by atoms with Gasteiger partial charge in [-0.25, -0.2) is 9.97 Å². The highest BCUT2D eigenvalue weighted by atomic mass is 15.0. The molecule has 0 unspecified atom stereocenters. The van der Waals surface area contributed by atoms with Crippen molar-refractivity contribution in [3.8, 4) is 11.3 Å². The summed E-state index contributed by atoms with van der Waals surface area (Å²) < 4.78 is 0. The van der Waals surface area contributed by atoms with E-state index in [-0.39, 0.29) is 0 Å². The second-order valence-electron chi connectivity index (χ2n) is 6.05. The Kier molecular flexibility index (Phi) is 4.94. The fourth-order valence-electron chi connectivity index (χ4n) is 2.52. The van der Waals surface area contributed by atoms with Gasteiger partial charge in [0.25, 0.3) is 0 Å². The molecule has 21 heavy (non-hydrogen) atoms. The highest BCUT2D eigenvalue weighted by molar-refractivity contribution is 5.67. The van der Waals surface area contributed by atoms with Gasteiger partial charge in [0.05, 0.1) is 5.69 Å². The predicted molar refractivity (Wildman–Crippen MR) is 89.2 cm³/mol. The third kappa shape index (κ3) is 3.81. The molecule has 3 heteroatoms. The molecule has 0 aliphatic carbocycles. The lowest BCUT2D eigenvalue weighted by Crippen LogP contribution is -2.05. The number of nitrogens with zero attached hydrogens (tertiary/aromatic N) is 2. The van der Waals surface area contributed by atoms with Crippen LogP contribution in [0.2, 0.25) is 0 Å². The molecule has 0 bridgehead atoms. The fraction of sp³-hybridized carbons (Fsp3) is 0.444. The summed E-state index contributed by atoms with van der Waals surface area (Å²) >= 11 is 0. The van der Waals surface area contributed by atoms with Crippen molar-refractivity contribution in [1.82, 2.24) is 9.97 Å². The molecular weight excluding hydrogens is 258 g/mol. The summed E-state index contributed by atoms with van der Waals surface area (Å²) in [5.41, 5.74) is 10.5. The molecule has 0 atom stereocenters. The Labute approximate surface area is 127 Å². The van der Waals surface area contributed by atoms with Crippen LogP contribution in [0.3, 0.4) is 0 Å². The second kappa shape index (κ2) is 6.70. The van der Waals surface area contributed by atoms with Gasteiger partial charge in [0.1, 0.15) is 11.6 Å². The molecule has 0 aliphatic rings. The molecule has 0 aliphatic heterocycles. The normalized spacial score (nSPS) is 11.1. The van der Waals surface area contributed by atoms with Crippen LogP contribution in [0.15, 0.2) is 24.3 Å². The van der Waals surface area contributed by atoms with Crippen LogP contribution < -0.4 is 5.73 Å². The summed E-state index contributed by atoms with van der Waals surface area (Å²) in [6.45, 7) is 8.59. The maximum Gasteiger partial charge on any atom is 0.131 e. The van der Waals surface area contributed by atoms with E-state index in [1.807, 2.05) is 6.92 Å². The average Bonchev–Trinajstić information content (AvgIpc) is 2.42. The molecule has 0 amide bonds. The minimum Gasteiger partial charge on any atom is -0.383 e. The molecule has 2 aromatic rings. The monoisotopic (exact) mass is 283 g/mol. The van der Waals surface area contributed by atoms with E-state index >= 15 is 0 Å². The third-order valence-electron chi connectivity index (χ3n) is 3.55. The van der Waals surface area contributed by atoms with Crippen molar-refractivity contribution in [2.45, 2.75) is 47.0 Å². The zero-order valence-corrected chi connectivity index (χ0v) is 13.5. The van der Waals surface area contributed by atoms with Gasteiger partial charge >= 0.3 is 0 Å². The Hall–Kier alpha value is -1.90. The molecule has 0 saturated carbocycles. The number of rotatable bonds is 5. The van der Waals surface area contributed by atoms with Crippen molar-refractivity contribution in [2.75, 3.05) is 5.73 Å². The Balaban J connectivity index is 2.45. The first-order chi connectivity index (χ1) is 10.0. The molecule has 0 fully saturated rings. The van der Waals surface area contributed by atoms with Gasteiger partial charge in [0.2, 0.25) is 0 Å². The van der Waals surface area contributed by atoms with Gasteiger partial charge in [-0.05, 0) is 37.3 Å². The number of hydrogen-bond acceptors (Lipinski definition) is 3. The lowest BCUT2D eigenvalue weighted by molar-refractivity contribution is 0.647. The molecule has 1 aromatic carbocycles. The molecule has 0 saturated heterocycles. The second-order valence-corrected chi connectivity index (χ2v) is 6.05. The maximum atomic E-state index is 6.06. The first-order valence-electron chi connectivity index (χ1n) is 7.73. The Bertz CT molecular complexity index is 618. The van der Waals surface area contributed by atoms with E-state index in [0.717, 1.165) is 41.9 Å². The Morgan fingerprint density at radius 3 is 2.62 bits per heavy atom. The fourth-order valence-corrected chi connectivity index (χ4v) is 2.52. The van der Waals surface area contributed by atoms with Crippen molar-refractivity contribution in [3.63, 3.8) is 0 Å². The molecule has 0 radical (unpaired) electrons. The van der Waals surface area contributed by atoms with Crippen LogP contribution in [0.4, 0.5) is 5.82 Å². The molecule has 1 heterocycles. The van der Waals surface area contributed by atoms with Gasteiger partial charge in [-0.3, -0.25) is 0 Å². The summed E-state index contributed by atoms with van der Waals surface area (Å²) in [6.07, 6.45) is 2.97. The summed E-state index contributed by atoms with van der Waals surface area (Å²) in [7, 11) is 0. The quantitative estimate of drug-likeness (QED) is 0.895. The van der Waals surface area contributed by atoms with E-state index in [2.05, 4.69) is 50.0 Å². The van der Waals surface area contributed by atoms with E-state index in [1.54, 1.807) is 0 Å². The predicted octanol–water partition coefficient (Wildman–Crippen LogP) is 4.19. The molecule has 112 valence electrons. The van der Waals surface area contributed by atoms with Crippen molar-refractivity contribution >= 4 is 5.82 Å². The number of nitrogens with two attached hydrogens (primary N) is 1. The number of aryl methyl sites for hydroxylation is 1. The van der Waals surface area contributed by atoms with Gasteiger partial charge in [0.15, 0.2) is 0 Å². The van der Waals surface area contributed by atoms with Gasteiger partial charge in [-0.15, -0.1) is 0 Å². The van der Waals surface area contributed by atoms with Crippen molar-refractivity contribution in [3.05, 3.63) is 41.2 Å². The molecule has 0 spiro atoms. The smallest absolute Gasteiger partial charge is 0.131 e. The van der Waals surface area contributed by atoms with Crippen molar-refractivity contribution in [1.29, 1.82) is 0 Å². The van der Waals surface area contributed by atoms with Crippen LogP contribution in [0.25, 0.3) is 11.3 Å². The molecule has 1 aromatic heterocycles. The Morgan fingerprint density at radius 2 is 1.95 bits per heavy atom. The average molecular weight is 283 g/mol. The first kappa shape index (κ1) is 15.5. The van der Waals surface area contributed by atoms with E-state index in [1.165, 1.54) is 5.56 Å². The number of benzene rings is 1. The molecular formula is C18H25N3. The van der Waals surface area contributed by atoms with Gasteiger partial charge < -0.3 is 5.73 Å². The number of anilines is 1. The Morgan fingerprint density at radius 1 is 1.19 bits per heavy atom. The molecule has 2 rings (SSSR count). The summed E-state index contributed by atoms with van der Waals surface area (Å²) in [5.74, 6) is 2.08. The zero-order chi connectivity index (χ0) is 15.4. The van der Waals surface area contributed by atoms with Crippen LogP contribution in [0.5, 0.6) is 0 Å². The lowest BCUT2D eigenvalue weighted by atomic mass is 9.98. The van der Waals surface area contributed by atoms with Crippen LogP contribution >= 0.6 is 0 Å². The van der Waals surface area contributed by atoms with E-state index in [9.17, 15) is 0 Å². The van der Waals surface area contributed by atoms with Crippen LogP contribution in [-0.4, -0.2) is 9.97 Å². The largest absolute Gasteiger partial charge is 0.383 e. The van der Waals surface area contributed by atoms with Crippen molar-refractivity contribution < 1.29 is 0 Å². The van der Waals surface area contributed by atoms with Gasteiger partial charge in [-0.2, -0.15) is 0 Å². The van der Waals surface area contributed by atoms with Crippen LogP contribution in [-0.2, 0) is 12.8 Å². The van der Waals surface area contributed by atoms with E-state index in [4.69, 9.17) is 10.7 Å². The lowest BCUT2D eigenvalue weighted by Gasteiger charge is -2.12. The number of hydrogen-bond donors (Lipinski definition) is 1. The van der Waals surface area contributed by atoms with Gasteiger partial charge in [0, 0.05) is 17.5 Å². The third-order valence-corrected chi connectivity index (χ3v) is 3.55. The summed E-state index contributed by atoms with van der Waals surface area (Å²) in [5, 5.41) is 0. The van der Waals surface area contributed by atoms with E-state index < -0.39 is 0 Å². The topological polar surface area (TPSA) is 51.8 Å². The molecule has 2 N–H and O–H groups in total. The minimum atomic E-state index is 0.595. The summed E-state index contributed by atoms with van der Waals surface area (Å²) in [6, 6.07) is 8.61. The van der Waals surface area contributed by atoms with E-state index in [0.29, 0.717) is 11.7 Å². The number of aromatic nitrogens is 2. The highest BCUT2D eigenvalue weighted by Crippen LogP contribution is 2.26. The van der Waals surface area contributed by atoms with Crippen LogP contribution in [0.1, 0.15) is 44.1 Å². The van der Waals surface area contributed by atoms with Crippen molar-refractivity contribution in [2.24, 2.45) is 5.92 Å². The highest BCUT2D eigenvalue weighted by Gasteiger charge is 2.11. The first-order valence-corrected chi connectivity index (χ1v) is 7.73. The SMILES string of the molecule is CCCc1nc(N)c(C)c(-c2cccc(CC(C)C)c2)n1. The maximum absolute atomic E-state index is 6.06. The zero-order valence-electron chi connectivity index (χ0n) is 13.5. The van der Waals surface area contributed by atoms with Crippen LogP contribution in [0, 0.1) is 12.8 Å². The standard InChI is InChI=1S/C18H25N3/c1-5-7-16-20-17(13(4)18(19)21-16)15-9-6-8-14(11-15)10-12(2)3/h6,8-9,11-12H,5,7,10H2,1-4H3,(H2,19,20,21). The molecule has 3 nitrogen and oxygen atoms in total. The minimum absolute atomic E-state index is 0.595. The van der Waals surface area contributed by atoms with Gasteiger partial charge in [-0.1, -0.05) is 39.0 Å². The number of nitrogen functional groups attached to an aromatic ring is 1.